The molecule has 0 radical (unpaired) electrons. The van der Waals surface area contributed by atoms with Crippen molar-refractivity contribution in [3.05, 3.63) is 30.6 Å². The first kappa shape index (κ1) is 12.3. The van der Waals surface area contributed by atoms with Gasteiger partial charge in [0, 0.05) is 19.4 Å². The van der Waals surface area contributed by atoms with Crippen LogP contribution < -0.4 is 11.1 Å². The summed E-state index contributed by atoms with van der Waals surface area (Å²) in [5.41, 5.74) is 7.47. The first-order chi connectivity index (χ1) is 8.58. The van der Waals surface area contributed by atoms with Gasteiger partial charge in [-0.05, 0) is 19.1 Å². The number of aryl methyl sites for hydroxylation is 1. The zero-order valence-electron chi connectivity index (χ0n) is 10.3. The summed E-state index contributed by atoms with van der Waals surface area (Å²) in [5, 5.41) is 7.03. The number of amides is 1. The van der Waals surface area contributed by atoms with Gasteiger partial charge >= 0.3 is 0 Å². The van der Waals surface area contributed by atoms with Crippen LogP contribution in [0.25, 0.3) is 11.4 Å². The standard InChI is InChI=1S/C12H15N5O/c1-8(13)12(18)15-10-7-17(2)16-11(10)9-5-3-4-6-14-9/h3-8H,13H2,1-2H3,(H,15,18)/t8-/m0/s1. The van der Waals surface area contributed by atoms with E-state index in [-0.39, 0.29) is 5.91 Å². The maximum absolute atomic E-state index is 11.6. The van der Waals surface area contributed by atoms with Gasteiger partial charge in [-0.3, -0.25) is 14.5 Å². The van der Waals surface area contributed by atoms with Gasteiger partial charge < -0.3 is 11.1 Å². The topological polar surface area (TPSA) is 85.8 Å². The molecule has 0 aromatic carbocycles. The highest BCUT2D eigenvalue weighted by Crippen LogP contribution is 2.24. The van der Waals surface area contributed by atoms with Crippen molar-refractivity contribution in [2.75, 3.05) is 5.32 Å². The number of nitrogens with zero attached hydrogens (tertiary/aromatic N) is 3. The van der Waals surface area contributed by atoms with Crippen molar-refractivity contribution >= 4 is 11.6 Å². The number of carbonyl (C=O) groups is 1. The molecule has 2 heterocycles. The third-order valence-corrected chi connectivity index (χ3v) is 2.41. The van der Waals surface area contributed by atoms with E-state index in [9.17, 15) is 4.79 Å². The molecule has 0 saturated heterocycles. The Balaban J connectivity index is 2.35. The fraction of sp³-hybridized carbons (Fsp3) is 0.250. The summed E-state index contributed by atoms with van der Waals surface area (Å²) in [6.07, 6.45) is 3.41. The monoisotopic (exact) mass is 245 g/mol. The molecule has 1 amide bonds. The summed E-state index contributed by atoms with van der Waals surface area (Å²) >= 11 is 0. The molecule has 3 N–H and O–H groups in total. The average molecular weight is 245 g/mol. The van der Waals surface area contributed by atoms with E-state index < -0.39 is 6.04 Å². The molecule has 0 saturated carbocycles. The second-order valence-electron chi connectivity index (χ2n) is 4.06. The van der Waals surface area contributed by atoms with E-state index in [4.69, 9.17) is 5.73 Å². The zero-order valence-corrected chi connectivity index (χ0v) is 10.3. The minimum Gasteiger partial charge on any atom is -0.321 e. The van der Waals surface area contributed by atoms with Crippen molar-refractivity contribution in [3.8, 4) is 11.4 Å². The Morgan fingerprint density at radius 1 is 1.50 bits per heavy atom. The minimum atomic E-state index is -0.568. The Hall–Kier alpha value is -2.21. The van der Waals surface area contributed by atoms with Crippen molar-refractivity contribution < 1.29 is 4.79 Å². The fourth-order valence-electron chi connectivity index (χ4n) is 1.52. The molecule has 94 valence electrons. The highest BCUT2D eigenvalue weighted by molar-refractivity contribution is 5.97. The van der Waals surface area contributed by atoms with Gasteiger partial charge in [-0.25, -0.2) is 0 Å². The molecule has 0 aliphatic heterocycles. The molecule has 0 aliphatic rings. The van der Waals surface area contributed by atoms with Crippen LogP contribution in [0.2, 0.25) is 0 Å². The average Bonchev–Trinajstić information content (AvgIpc) is 2.71. The molecule has 0 aliphatic carbocycles. The Bertz CT molecular complexity index is 547. The van der Waals surface area contributed by atoms with Crippen molar-refractivity contribution in [2.45, 2.75) is 13.0 Å². The smallest absolute Gasteiger partial charge is 0.241 e. The largest absolute Gasteiger partial charge is 0.321 e. The third kappa shape index (κ3) is 2.54. The van der Waals surface area contributed by atoms with Gasteiger partial charge in [0.25, 0.3) is 0 Å². The van der Waals surface area contributed by atoms with Gasteiger partial charge in [0.2, 0.25) is 5.91 Å². The van der Waals surface area contributed by atoms with Crippen LogP contribution >= 0.6 is 0 Å². The van der Waals surface area contributed by atoms with Crippen LogP contribution in [0.5, 0.6) is 0 Å². The van der Waals surface area contributed by atoms with E-state index >= 15 is 0 Å². The molecule has 6 nitrogen and oxygen atoms in total. The Labute approximate surface area is 105 Å². The number of nitrogens with one attached hydrogen (secondary N) is 1. The Kier molecular flexibility index (Phi) is 3.38. The van der Waals surface area contributed by atoms with Crippen LogP contribution in [-0.2, 0) is 11.8 Å². The van der Waals surface area contributed by atoms with Crippen LogP contribution in [-0.4, -0.2) is 26.7 Å². The van der Waals surface area contributed by atoms with Crippen LogP contribution in [0.15, 0.2) is 30.6 Å². The molecule has 6 heteroatoms. The van der Waals surface area contributed by atoms with E-state index in [1.54, 1.807) is 31.0 Å². The Morgan fingerprint density at radius 3 is 2.89 bits per heavy atom. The summed E-state index contributed by atoms with van der Waals surface area (Å²) in [5.74, 6) is -0.250. The highest BCUT2D eigenvalue weighted by atomic mass is 16.2. The van der Waals surface area contributed by atoms with E-state index in [1.807, 2.05) is 18.2 Å². The molecule has 0 unspecified atom stereocenters. The number of carbonyl (C=O) groups excluding carboxylic acids is 1. The molecule has 1 atom stereocenters. The van der Waals surface area contributed by atoms with Crippen LogP contribution in [0.4, 0.5) is 5.69 Å². The summed E-state index contributed by atoms with van der Waals surface area (Å²) in [6.45, 7) is 1.63. The fourth-order valence-corrected chi connectivity index (χ4v) is 1.52. The molecular weight excluding hydrogens is 230 g/mol. The van der Waals surface area contributed by atoms with Crippen molar-refractivity contribution in [1.82, 2.24) is 14.8 Å². The van der Waals surface area contributed by atoms with Gasteiger partial charge in [-0.15, -0.1) is 0 Å². The molecule has 0 bridgehead atoms. The summed E-state index contributed by atoms with van der Waals surface area (Å²) in [4.78, 5) is 15.8. The van der Waals surface area contributed by atoms with Gasteiger partial charge in [-0.2, -0.15) is 5.10 Å². The molecule has 0 fully saturated rings. The molecule has 2 aromatic rings. The van der Waals surface area contributed by atoms with E-state index in [0.717, 1.165) is 0 Å². The lowest BCUT2D eigenvalue weighted by Gasteiger charge is -2.06. The van der Waals surface area contributed by atoms with E-state index in [1.165, 1.54) is 0 Å². The number of pyridine rings is 1. The number of rotatable bonds is 3. The molecule has 2 rings (SSSR count). The summed E-state index contributed by atoms with van der Waals surface area (Å²) < 4.78 is 1.63. The second kappa shape index (κ2) is 4.97. The zero-order chi connectivity index (χ0) is 13.1. The van der Waals surface area contributed by atoms with Crippen molar-refractivity contribution in [3.63, 3.8) is 0 Å². The third-order valence-electron chi connectivity index (χ3n) is 2.41. The summed E-state index contributed by atoms with van der Waals surface area (Å²) in [7, 11) is 1.79. The predicted octanol–water partition coefficient (Wildman–Crippen LogP) is 0.768. The number of hydrogen-bond acceptors (Lipinski definition) is 4. The van der Waals surface area contributed by atoms with Gasteiger partial charge in [0.15, 0.2) is 0 Å². The number of anilines is 1. The van der Waals surface area contributed by atoms with Gasteiger partial charge in [0.05, 0.1) is 17.4 Å². The lowest BCUT2D eigenvalue weighted by Crippen LogP contribution is -2.32. The van der Waals surface area contributed by atoms with Crippen molar-refractivity contribution in [1.29, 1.82) is 0 Å². The second-order valence-corrected chi connectivity index (χ2v) is 4.06. The summed E-state index contributed by atoms with van der Waals surface area (Å²) in [6, 6.07) is 4.96. The first-order valence-corrected chi connectivity index (χ1v) is 5.59. The molecule has 0 spiro atoms. The lowest BCUT2D eigenvalue weighted by atomic mass is 10.2. The minimum absolute atomic E-state index is 0.250. The first-order valence-electron chi connectivity index (χ1n) is 5.59. The highest BCUT2D eigenvalue weighted by Gasteiger charge is 2.15. The number of aromatic nitrogens is 3. The van der Waals surface area contributed by atoms with E-state index in [0.29, 0.717) is 17.1 Å². The van der Waals surface area contributed by atoms with Crippen LogP contribution in [0.1, 0.15) is 6.92 Å². The molecule has 2 aromatic heterocycles. The Morgan fingerprint density at radius 2 is 2.28 bits per heavy atom. The van der Waals surface area contributed by atoms with Crippen LogP contribution in [0, 0.1) is 0 Å². The normalized spacial score (nSPS) is 12.2. The predicted molar refractivity (Wildman–Crippen MR) is 68.7 cm³/mol. The molecule has 18 heavy (non-hydrogen) atoms. The quantitative estimate of drug-likeness (QED) is 0.836. The lowest BCUT2D eigenvalue weighted by molar-refractivity contribution is -0.117. The number of hydrogen-bond donors (Lipinski definition) is 2. The maximum atomic E-state index is 11.6. The number of nitrogens with two attached hydrogens (primary N) is 1. The van der Waals surface area contributed by atoms with E-state index in [2.05, 4.69) is 15.4 Å². The SMILES string of the molecule is C[C@H](N)C(=O)Nc1cn(C)nc1-c1ccccn1. The molecular formula is C12H15N5O. The van der Waals surface area contributed by atoms with Gasteiger partial charge in [0.1, 0.15) is 5.69 Å². The van der Waals surface area contributed by atoms with Crippen molar-refractivity contribution in [2.24, 2.45) is 12.8 Å². The maximum Gasteiger partial charge on any atom is 0.241 e. The van der Waals surface area contributed by atoms with Crippen LogP contribution in [0.3, 0.4) is 0 Å². The van der Waals surface area contributed by atoms with Gasteiger partial charge in [-0.1, -0.05) is 6.07 Å².